The molecule has 8 heterocycles. The highest BCUT2D eigenvalue weighted by molar-refractivity contribution is 5.88. The number of hydrogen-bond acceptors (Lipinski definition) is 10. The van der Waals surface area contributed by atoms with E-state index in [1.165, 1.54) is 33.3 Å². The Morgan fingerprint density at radius 1 is 0.500 bits per heavy atom. The summed E-state index contributed by atoms with van der Waals surface area (Å²) in [7, 11) is 4.13. The molecule has 12 heteroatoms. The van der Waals surface area contributed by atoms with Crippen LogP contribution in [0.1, 0.15) is 62.0 Å². The van der Waals surface area contributed by atoms with E-state index in [1.807, 2.05) is 64.4 Å². The Morgan fingerprint density at radius 3 is 1.44 bits per heavy atom. The smallest absolute Gasteiger partial charge is 0.223 e. The first-order valence-electron chi connectivity index (χ1n) is 17.5. The molecule has 0 aliphatic heterocycles. The van der Waals surface area contributed by atoms with Crippen LogP contribution in [0.2, 0.25) is 0 Å². The molecule has 268 valence electrons. The number of rotatable bonds is 4. The van der Waals surface area contributed by atoms with Gasteiger partial charge < -0.3 is 18.2 Å². The first-order chi connectivity index (χ1) is 25.1. The molecule has 0 saturated carbocycles. The van der Waals surface area contributed by atoms with Crippen molar-refractivity contribution in [2.45, 2.75) is 69.2 Å². The number of aryl methyl sites for hydroxylation is 6. The minimum Gasteiger partial charge on any atom is -0.348 e. The van der Waals surface area contributed by atoms with Crippen molar-refractivity contribution in [2.75, 3.05) is 0 Å². The Bertz CT molecular complexity index is 2290. The maximum atomic E-state index is 5.05. The van der Waals surface area contributed by atoms with Gasteiger partial charge >= 0.3 is 0 Å². The van der Waals surface area contributed by atoms with E-state index in [4.69, 9.17) is 9.05 Å². The van der Waals surface area contributed by atoms with Crippen LogP contribution in [-0.2, 0) is 14.1 Å². The van der Waals surface area contributed by atoms with Crippen LogP contribution in [0.25, 0.3) is 67.4 Å². The van der Waals surface area contributed by atoms with E-state index < -0.39 is 0 Å². The summed E-state index contributed by atoms with van der Waals surface area (Å²) in [5, 5.41) is 10.3. The van der Waals surface area contributed by atoms with E-state index in [1.54, 1.807) is 26.2 Å². The van der Waals surface area contributed by atoms with Crippen LogP contribution in [0.15, 0.2) is 70.2 Å². The lowest BCUT2D eigenvalue weighted by Gasteiger charge is -2.04. The summed E-state index contributed by atoms with van der Waals surface area (Å²) in [5.74, 6) is 2.20. The van der Waals surface area contributed by atoms with Crippen LogP contribution in [0.4, 0.5) is 0 Å². The molecule has 0 radical (unpaired) electrons. The first-order valence-corrected chi connectivity index (χ1v) is 17.5. The van der Waals surface area contributed by atoms with E-state index in [0.717, 1.165) is 44.9 Å². The molecule has 0 amide bonds. The molecule has 8 rings (SSSR count). The Labute approximate surface area is 304 Å². The topological polar surface area (TPSA) is 139 Å². The number of nitrogens with zero attached hydrogens (tertiary/aromatic N) is 10. The fourth-order valence-electron chi connectivity index (χ4n) is 5.81. The van der Waals surface area contributed by atoms with Gasteiger partial charge in [-0.15, -0.1) is 0 Å². The third-order valence-electron chi connectivity index (χ3n) is 9.00. The van der Waals surface area contributed by atoms with Gasteiger partial charge in [-0.1, -0.05) is 38.0 Å². The Hall–Kier alpha value is -6.04. The van der Waals surface area contributed by atoms with Crippen molar-refractivity contribution in [3.05, 3.63) is 95.5 Å². The van der Waals surface area contributed by atoms with Crippen molar-refractivity contribution in [1.29, 1.82) is 0 Å². The average Bonchev–Trinajstić information content (AvgIpc) is 3.94. The molecule has 0 spiro atoms. The minimum absolute atomic E-state index is 0.540. The zero-order valence-electron chi connectivity index (χ0n) is 32.1. The van der Waals surface area contributed by atoms with Gasteiger partial charge in [-0.25, -0.2) is 0 Å². The van der Waals surface area contributed by atoms with Crippen molar-refractivity contribution < 1.29 is 9.05 Å². The third kappa shape index (κ3) is 7.23. The molecule has 0 N–H and O–H groups in total. The molecule has 0 bridgehead atoms. The lowest BCUT2D eigenvalue weighted by atomic mass is 10.1. The largest absolute Gasteiger partial charge is 0.348 e. The first kappa shape index (κ1) is 37.2. The molecule has 0 atom stereocenters. The highest BCUT2D eigenvalue weighted by Crippen LogP contribution is 2.30. The van der Waals surface area contributed by atoms with Crippen LogP contribution < -0.4 is 0 Å². The summed E-state index contributed by atoms with van der Waals surface area (Å²) in [6, 6.07) is 11.8. The minimum atomic E-state index is 0.540. The van der Waals surface area contributed by atoms with Crippen LogP contribution in [-0.4, -0.2) is 49.4 Å². The maximum absolute atomic E-state index is 5.05. The molecule has 8 aromatic rings. The lowest BCUT2D eigenvalue weighted by Crippen LogP contribution is -1.92. The van der Waals surface area contributed by atoms with Crippen molar-refractivity contribution >= 4 is 21.8 Å². The van der Waals surface area contributed by atoms with Gasteiger partial charge in [0, 0.05) is 79.8 Å². The molecule has 0 aromatic carbocycles. The molecule has 0 aliphatic carbocycles. The fraction of sp³-hybridized carbons (Fsp3) is 0.300. The molecule has 8 aromatic heterocycles. The van der Waals surface area contributed by atoms with Gasteiger partial charge in [0.1, 0.15) is 0 Å². The SMILES string of the molecule is CC.CC.Cc1nc(-c2ccnc(-c3cc4c(C)c(C)n(C)c4cn3)c2)no1.Cc1nc(-c2ccnc(-c3cc4c(cn3)c(C)c(C)n4C)c2)no1. The highest BCUT2D eigenvalue weighted by Gasteiger charge is 2.15. The second-order valence-corrected chi connectivity index (χ2v) is 11.8. The van der Waals surface area contributed by atoms with Gasteiger partial charge in [-0.2, -0.15) is 9.97 Å². The van der Waals surface area contributed by atoms with Crippen molar-refractivity contribution in [1.82, 2.24) is 49.4 Å². The zero-order chi connectivity index (χ0) is 37.7. The van der Waals surface area contributed by atoms with Crippen LogP contribution in [0.5, 0.6) is 0 Å². The second-order valence-electron chi connectivity index (χ2n) is 11.8. The van der Waals surface area contributed by atoms with Gasteiger partial charge in [-0.3, -0.25) is 19.9 Å². The van der Waals surface area contributed by atoms with Crippen molar-refractivity contribution in [3.63, 3.8) is 0 Å². The third-order valence-corrected chi connectivity index (χ3v) is 9.00. The predicted molar refractivity (Wildman–Crippen MR) is 206 cm³/mol. The van der Waals surface area contributed by atoms with E-state index in [9.17, 15) is 0 Å². The molecule has 0 aliphatic rings. The molecule has 0 saturated heterocycles. The number of hydrogen-bond donors (Lipinski definition) is 0. The predicted octanol–water partition coefficient (Wildman–Crippen LogP) is 9.27. The lowest BCUT2D eigenvalue weighted by molar-refractivity contribution is 0.394. The van der Waals surface area contributed by atoms with Gasteiger partial charge in [0.15, 0.2) is 0 Å². The second kappa shape index (κ2) is 15.9. The van der Waals surface area contributed by atoms with E-state index >= 15 is 0 Å². The number of aromatic nitrogens is 10. The number of pyridine rings is 4. The zero-order valence-corrected chi connectivity index (χ0v) is 32.1. The van der Waals surface area contributed by atoms with Gasteiger partial charge in [0.05, 0.1) is 40.0 Å². The summed E-state index contributed by atoms with van der Waals surface area (Å²) < 4.78 is 14.5. The Morgan fingerprint density at radius 2 is 0.942 bits per heavy atom. The Balaban J connectivity index is 0.000000184. The van der Waals surface area contributed by atoms with E-state index in [2.05, 4.69) is 103 Å². The highest BCUT2D eigenvalue weighted by atomic mass is 16.5. The summed E-state index contributed by atoms with van der Waals surface area (Å²) in [5.41, 5.74) is 12.2. The molecular weight excluding hydrogens is 653 g/mol. The number of fused-ring (bicyclic) bond motifs is 2. The average molecular weight is 699 g/mol. The molecule has 12 nitrogen and oxygen atoms in total. The van der Waals surface area contributed by atoms with Gasteiger partial charge in [0.2, 0.25) is 23.4 Å². The molecule has 0 fully saturated rings. The van der Waals surface area contributed by atoms with Crippen LogP contribution >= 0.6 is 0 Å². The molecular formula is C40H46N10O2. The van der Waals surface area contributed by atoms with Crippen LogP contribution in [0, 0.1) is 41.5 Å². The maximum Gasteiger partial charge on any atom is 0.223 e. The standard InChI is InChI=1S/2C18H17N5O.2C2H6/c1-10-11(2)23(4)17-8-16(20-9-14(10)17)15-7-13(5-6-19-15)18-21-12(3)24-22-18;1-10-11(2)23(4)17-9-20-16(8-14(10)17)15-7-13(5-6-19-15)18-21-12(3)24-22-18;2*1-2/h2*5-9H,1-4H3;2*1-2H3. The molecule has 52 heavy (non-hydrogen) atoms. The quantitative estimate of drug-likeness (QED) is 0.175. The molecule has 0 unspecified atom stereocenters. The van der Waals surface area contributed by atoms with Crippen molar-refractivity contribution in [2.24, 2.45) is 14.1 Å². The van der Waals surface area contributed by atoms with E-state index in [-0.39, 0.29) is 0 Å². The fourth-order valence-corrected chi connectivity index (χ4v) is 5.81. The normalized spacial score (nSPS) is 10.7. The van der Waals surface area contributed by atoms with Gasteiger partial charge in [-0.05, 0) is 75.2 Å². The summed E-state index contributed by atoms with van der Waals surface area (Å²) in [6.07, 6.45) is 7.30. The summed E-state index contributed by atoms with van der Waals surface area (Å²) in [6.45, 7) is 20.0. The van der Waals surface area contributed by atoms with Gasteiger partial charge in [0.25, 0.3) is 0 Å². The van der Waals surface area contributed by atoms with Crippen molar-refractivity contribution in [3.8, 4) is 45.6 Å². The van der Waals surface area contributed by atoms with E-state index in [0.29, 0.717) is 23.4 Å². The summed E-state index contributed by atoms with van der Waals surface area (Å²) in [4.78, 5) is 26.6. The van der Waals surface area contributed by atoms with Crippen LogP contribution in [0.3, 0.4) is 0 Å². The monoisotopic (exact) mass is 698 g/mol. The Kier molecular flexibility index (Phi) is 11.4. The summed E-state index contributed by atoms with van der Waals surface area (Å²) >= 11 is 0.